The fraction of sp³-hybridized carbons (Fsp3) is 0.500. The average Bonchev–Trinajstić information content (AvgIpc) is 2.69. The fourth-order valence-corrected chi connectivity index (χ4v) is 1.09. The Morgan fingerprint density at radius 1 is 1.60 bits per heavy atom. The van der Waals surface area contributed by atoms with E-state index in [0.29, 0.717) is 19.8 Å². The third-order valence-electron chi connectivity index (χ3n) is 1.78. The highest BCUT2D eigenvalue weighted by molar-refractivity contribution is 5.38. The van der Waals surface area contributed by atoms with Crippen molar-refractivity contribution in [1.82, 2.24) is 9.78 Å². The van der Waals surface area contributed by atoms with Gasteiger partial charge in [-0.3, -0.25) is 4.68 Å². The summed E-state index contributed by atoms with van der Waals surface area (Å²) in [5, 5.41) is 15.8. The van der Waals surface area contributed by atoms with Crippen molar-refractivity contribution in [2.24, 2.45) is 0 Å². The number of hydrogen-bond acceptors (Lipinski definition) is 4. The summed E-state index contributed by atoms with van der Waals surface area (Å²) >= 11 is 0. The standard InChI is InChI=1S/C10H17N3O2/c1-2-3-11-10-8-12-13(9-10)4-6-15-7-5-14/h2,8-9,11,14H,1,3-7H2. The van der Waals surface area contributed by atoms with Gasteiger partial charge >= 0.3 is 0 Å². The number of aromatic nitrogens is 2. The molecule has 84 valence electrons. The topological polar surface area (TPSA) is 59.3 Å². The molecule has 0 unspecified atom stereocenters. The number of ether oxygens (including phenoxy) is 1. The molecule has 0 aromatic carbocycles. The van der Waals surface area contributed by atoms with E-state index in [4.69, 9.17) is 9.84 Å². The van der Waals surface area contributed by atoms with Crippen LogP contribution in [0.4, 0.5) is 5.69 Å². The Morgan fingerprint density at radius 2 is 2.47 bits per heavy atom. The third-order valence-corrected chi connectivity index (χ3v) is 1.78. The molecule has 0 amide bonds. The molecule has 5 nitrogen and oxygen atoms in total. The molecule has 2 N–H and O–H groups in total. The first-order chi connectivity index (χ1) is 7.36. The Labute approximate surface area is 89.4 Å². The Bertz CT molecular complexity index is 286. The zero-order valence-electron chi connectivity index (χ0n) is 8.72. The summed E-state index contributed by atoms with van der Waals surface area (Å²) in [6.45, 7) is 6.04. The third kappa shape index (κ3) is 4.62. The lowest BCUT2D eigenvalue weighted by Crippen LogP contribution is -2.08. The summed E-state index contributed by atoms with van der Waals surface area (Å²) in [5.41, 5.74) is 0.969. The van der Waals surface area contributed by atoms with E-state index < -0.39 is 0 Å². The Hall–Kier alpha value is -1.33. The summed E-state index contributed by atoms with van der Waals surface area (Å²) in [6.07, 6.45) is 5.46. The van der Waals surface area contributed by atoms with Gasteiger partial charge in [0.25, 0.3) is 0 Å². The lowest BCUT2D eigenvalue weighted by molar-refractivity contribution is 0.0854. The number of nitrogens with one attached hydrogen (secondary N) is 1. The van der Waals surface area contributed by atoms with E-state index in [2.05, 4.69) is 17.0 Å². The SMILES string of the molecule is C=CCNc1cnn(CCOCCO)c1. The lowest BCUT2D eigenvalue weighted by atomic mass is 10.5. The zero-order valence-corrected chi connectivity index (χ0v) is 8.72. The average molecular weight is 211 g/mol. The number of anilines is 1. The summed E-state index contributed by atoms with van der Waals surface area (Å²) in [6, 6.07) is 0. The van der Waals surface area contributed by atoms with Crippen molar-refractivity contribution in [3.63, 3.8) is 0 Å². The molecule has 1 heterocycles. The summed E-state index contributed by atoms with van der Waals surface area (Å²) < 4.78 is 6.92. The molecular weight excluding hydrogens is 194 g/mol. The minimum atomic E-state index is 0.0608. The summed E-state index contributed by atoms with van der Waals surface area (Å²) in [7, 11) is 0. The Morgan fingerprint density at radius 3 is 3.20 bits per heavy atom. The summed E-state index contributed by atoms with van der Waals surface area (Å²) in [5.74, 6) is 0. The van der Waals surface area contributed by atoms with E-state index in [1.54, 1.807) is 17.0 Å². The van der Waals surface area contributed by atoms with Gasteiger partial charge in [0.15, 0.2) is 0 Å². The number of aliphatic hydroxyl groups excluding tert-OH is 1. The lowest BCUT2D eigenvalue weighted by Gasteiger charge is -2.02. The molecule has 0 spiro atoms. The maximum Gasteiger partial charge on any atom is 0.0728 e. The minimum absolute atomic E-state index is 0.0608. The molecule has 0 aliphatic heterocycles. The molecule has 0 atom stereocenters. The van der Waals surface area contributed by atoms with Gasteiger partial charge in [0, 0.05) is 12.7 Å². The van der Waals surface area contributed by atoms with Crippen molar-refractivity contribution >= 4 is 5.69 Å². The van der Waals surface area contributed by atoms with E-state index in [1.807, 2.05) is 6.20 Å². The predicted molar refractivity (Wildman–Crippen MR) is 58.8 cm³/mol. The van der Waals surface area contributed by atoms with Crippen LogP contribution in [0.5, 0.6) is 0 Å². The molecule has 1 aromatic heterocycles. The van der Waals surface area contributed by atoms with E-state index in [1.165, 1.54) is 0 Å². The van der Waals surface area contributed by atoms with Gasteiger partial charge in [0.05, 0.1) is 38.2 Å². The second kappa shape index (κ2) is 7.03. The van der Waals surface area contributed by atoms with Crippen LogP contribution >= 0.6 is 0 Å². The molecule has 0 saturated heterocycles. The molecule has 5 heteroatoms. The molecule has 0 aliphatic rings. The number of hydrogen-bond donors (Lipinski definition) is 2. The second-order valence-corrected chi connectivity index (χ2v) is 3.00. The van der Waals surface area contributed by atoms with Gasteiger partial charge < -0.3 is 15.2 Å². The van der Waals surface area contributed by atoms with Gasteiger partial charge in [-0.05, 0) is 0 Å². The van der Waals surface area contributed by atoms with Gasteiger partial charge in [-0.2, -0.15) is 5.10 Å². The molecule has 0 bridgehead atoms. The van der Waals surface area contributed by atoms with Crippen molar-refractivity contribution in [3.8, 4) is 0 Å². The second-order valence-electron chi connectivity index (χ2n) is 3.00. The van der Waals surface area contributed by atoms with Crippen LogP contribution in [-0.4, -0.2) is 41.3 Å². The summed E-state index contributed by atoms with van der Waals surface area (Å²) in [4.78, 5) is 0. The van der Waals surface area contributed by atoms with E-state index in [-0.39, 0.29) is 6.61 Å². The van der Waals surface area contributed by atoms with E-state index in [9.17, 15) is 0 Å². The highest BCUT2D eigenvalue weighted by Gasteiger charge is 1.96. The molecule has 0 saturated carbocycles. The quantitative estimate of drug-likeness (QED) is 0.485. The van der Waals surface area contributed by atoms with Gasteiger partial charge in [0.2, 0.25) is 0 Å². The number of nitrogens with zero attached hydrogens (tertiary/aromatic N) is 2. The van der Waals surface area contributed by atoms with E-state index in [0.717, 1.165) is 12.2 Å². The van der Waals surface area contributed by atoms with Crippen LogP contribution in [0, 0.1) is 0 Å². The molecule has 0 aliphatic carbocycles. The molecule has 1 rings (SSSR count). The minimum Gasteiger partial charge on any atom is -0.394 e. The maximum atomic E-state index is 8.50. The van der Waals surface area contributed by atoms with Gasteiger partial charge in [0.1, 0.15) is 0 Å². The number of aliphatic hydroxyl groups is 1. The Balaban J connectivity index is 2.23. The molecule has 0 radical (unpaired) electrons. The molecule has 0 fully saturated rings. The Kier molecular flexibility index (Phi) is 5.50. The number of rotatable bonds is 8. The monoisotopic (exact) mass is 211 g/mol. The van der Waals surface area contributed by atoms with Crippen molar-refractivity contribution in [2.75, 3.05) is 31.7 Å². The van der Waals surface area contributed by atoms with Crippen LogP contribution in [0.15, 0.2) is 25.0 Å². The fourth-order valence-electron chi connectivity index (χ4n) is 1.09. The molecule has 15 heavy (non-hydrogen) atoms. The molecule has 1 aromatic rings. The first kappa shape index (κ1) is 11.7. The zero-order chi connectivity index (χ0) is 10.9. The van der Waals surface area contributed by atoms with E-state index >= 15 is 0 Å². The van der Waals surface area contributed by atoms with Crippen LogP contribution in [0.1, 0.15) is 0 Å². The largest absolute Gasteiger partial charge is 0.394 e. The van der Waals surface area contributed by atoms with Crippen molar-refractivity contribution in [3.05, 3.63) is 25.0 Å². The van der Waals surface area contributed by atoms with Crippen molar-refractivity contribution < 1.29 is 9.84 Å². The van der Waals surface area contributed by atoms with Crippen molar-refractivity contribution in [2.45, 2.75) is 6.54 Å². The highest BCUT2D eigenvalue weighted by atomic mass is 16.5. The van der Waals surface area contributed by atoms with Crippen LogP contribution in [0.3, 0.4) is 0 Å². The highest BCUT2D eigenvalue weighted by Crippen LogP contribution is 2.03. The smallest absolute Gasteiger partial charge is 0.0728 e. The van der Waals surface area contributed by atoms with Gasteiger partial charge in [-0.1, -0.05) is 6.08 Å². The molecular formula is C10H17N3O2. The first-order valence-electron chi connectivity index (χ1n) is 4.92. The van der Waals surface area contributed by atoms with Gasteiger partial charge in [-0.15, -0.1) is 6.58 Å². The normalized spacial score (nSPS) is 10.2. The van der Waals surface area contributed by atoms with Crippen LogP contribution in [-0.2, 0) is 11.3 Å². The van der Waals surface area contributed by atoms with Crippen LogP contribution < -0.4 is 5.32 Å². The first-order valence-corrected chi connectivity index (χ1v) is 4.92. The van der Waals surface area contributed by atoms with Gasteiger partial charge in [-0.25, -0.2) is 0 Å². The maximum absolute atomic E-state index is 8.50. The van der Waals surface area contributed by atoms with Crippen molar-refractivity contribution in [1.29, 1.82) is 0 Å². The van der Waals surface area contributed by atoms with Crippen LogP contribution in [0.25, 0.3) is 0 Å². The predicted octanol–water partition coefficient (Wildman–Crippen LogP) is 0.490. The van der Waals surface area contributed by atoms with Crippen LogP contribution in [0.2, 0.25) is 0 Å².